The predicted octanol–water partition coefficient (Wildman–Crippen LogP) is -0.615. The molecule has 2 rings (SSSR count). The molecule has 0 radical (unpaired) electrons. The van der Waals surface area contributed by atoms with Gasteiger partial charge in [-0.3, -0.25) is 4.79 Å². The number of rotatable bonds is 4. The Morgan fingerprint density at radius 1 is 1.29 bits per heavy atom. The molecule has 1 aromatic rings. The van der Waals surface area contributed by atoms with Gasteiger partial charge in [-0.2, -0.15) is 0 Å². The zero-order chi connectivity index (χ0) is 15.7. The molecule has 0 bridgehead atoms. The highest BCUT2D eigenvalue weighted by molar-refractivity contribution is 7.91. The Balaban J connectivity index is 1.93. The van der Waals surface area contributed by atoms with E-state index >= 15 is 0 Å². The summed E-state index contributed by atoms with van der Waals surface area (Å²) in [5, 5.41) is 7.64. The van der Waals surface area contributed by atoms with E-state index in [-0.39, 0.29) is 28.9 Å². The van der Waals surface area contributed by atoms with Crippen molar-refractivity contribution in [2.75, 3.05) is 11.5 Å². The van der Waals surface area contributed by atoms with E-state index in [0.29, 0.717) is 12.0 Å². The van der Waals surface area contributed by atoms with E-state index in [9.17, 15) is 21.6 Å². The Kier molecular flexibility index (Phi) is 4.35. The van der Waals surface area contributed by atoms with Crippen molar-refractivity contribution in [3.05, 3.63) is 29.8 Å². The minimum atomic E-state index is -3.73. The number of nitrogens with one attached hydrogen (secondary N) is 1. The number of amides is 1. The van der Waals surface area contributed by atoms with Crippen molar-refractivity contribution in [1.29, 1.82) is 0 Å². The van der Waals surface area contributed by atoms with Crippen LogP contribution in [-0.4, -0.2) is 34.2 Å². The lowest BCUT2D eigenvalue weighted by atomic mass is 10.1. The van der Waals surface area contributed by atoms with Crippen LogP contribution in [0.1, 0.15) is 12.0 Å². The lowest BCUT2D eigenvalue weighted by Crippen LogP contribution is -2.30. The third-order valence-corrected chi connectivity index (χ3v) is 6.02. The molecular formula is C12H16N2O5S2. The number of benzene rings is 1. The second-order valence-corrected chi connectivity index (χ2v) is 8.80. The molecule has 0 aromatic heterocycles. The quantitative estimate of drug-likeness (QED) is 0.761. The summed E-state index contributed by atoms with van der Waals surface area (Å²) in [5.41, 5.74) is 0.705. The van der Waals surface area contributed by atoms with Gasteiger partial charge >= 0.3 is 0 Å². The van der Waals surface area contributed by atoms with Crippen LogP contribution >= 0.6 is 0 Å². The lowest BCUT2D eigenvalue weighted by molar-refractivity contribution is -0.124. The third kappa shape index (κ3) is 4.26. The Hall–Kier alpha value is -1.45. The van der Waals surface area contributed by atoms with E-state index in [1.165, 1.54) is 12.1 Å². The van der Waals surface area contributed by atoms with Crippen molar-refractivity contribution in [3.63, 3.8) is 0 Å². The summed E-state index contributed by atoms with van der Waals surface area (Å²) < 4.78 is 44.8. The van der Waals surface area contributed by atoms with Crippen LogP contribution in [0, 0.1) is 5.92 Å². The summed E-state index contributed by atoms with van der Waals surface area (Å²) in [7, 11) is -6.82. The molecule has 116 valence electrons. The molecule has 1 amide bonds. The number of hydrogen-bond donors (Lipinski definition) is 2. The zero-order valence-electron chi connectivity index (χ0n) is 11.2. The largest absolute Gasteiger partial charge is 0.352 e. The van der Waals surface area contributed by atoms with Crippen molar-refractivity contribution in [1.82, 2.24) is 5.32 Å². The maximum absolute atomic E-state index is 11.8. The van der Waals surface area contributed by atoms with Crippen LogP contribution < -0.4 is 10.5 Å². The highest BCUT2D eigenvalue weighted by Gasteiger charge is 2.32. The van der Waals surface area contributed by atoms with Gasteiger partial charge in [-0.25, -0.2) is 22.0 Å². The Morgan fingerprint density at radius 2 is 1.90 bits per heavy atom. The number of primary sulfonamides is 1. The molecule has 3 N–H and O–H groups in total. The first-order chi connectivity index (χ1) is 9.67. The Morgan fingerprint density at radius 3 is 2.38 bits per heavy atom. The minimum Gasteiger partial charge on any atom is -0.352 e. The van der Waals surface area contributed by atoms with E-state index < -0.39 is 25.8 Å². The summed E-state index contributed by atoms with van der Waals surface area (Å²) in [6.07, 6.45) is 0.346. The molecule has 1 unspecified atom stereocenters. The van der Waals surface area contributed by atoms with E-state index in [4.69, 9.17) is 5.14 Å². The first kappa shape index (κ1) is 15.9. The molecule has 1 fully saturated rings. The van der Waals surface area contributed by atoms with Gasteiger partial charge in [0.05, 0.1) is 22.3 Å². The minimum absolute atomic E-state index is 0.000497. The highest BCUT2D eigenvalue weighted by atomic mass is 32.2. The standard InChI is InChI=1S/C12H16N2O5S2/c13-21(18,19)11-3-1-9(2-4-11)7-14-12(15)10-5-6-20(16,17)8-10/h1-4,10H,5-8H2,(H,14,15)(H2,13,18,19). The number of nitrogens with two attached hydrogens (primary N) is 1. The fourth-order valence-electron chi connectivity index (χ4n) is 2.13. The number of sulfone groups is 1. The molecule has 1 aliphatic heterocycles. The van der Waals surface area contributed by atoms with Crippen LogP contribution in [0.4, 0.5) is 0 Å². The summed E-state index contributed by atoms with van der Waals surface area (Å²) in [6.45, 7) is 0.209. The fourth-order valence-corrected chi connectivity index (χ4v) is 4.39. The molecule has 0 saturated carbocycles. The van der Waals surface area contributed by atoms with Crippen LogP contribution in [0.3, 0.4) is 0 Å². The van der Waals surface area contributed by atoms with Crippen molar-refractivity contribution in [2.24, 2.45) is 11.1 Å². The molecule has 1 atom stereocenters. The Labute approximate surface area is 123 Å². The first-order valence-electron chi connectivity index (χ1n) is 6.27. The summed E-state index contributed by atoms with van der Waals surface area (Å²) >= 11 is 0. The second kappa shape index (κ2) is 5.74. The zero-order valence-corrected chi connectivity index (χ0v) is 12.8. The van der Waals surface area contributed by atoms with Gasteiger partial charge in [0.25, 0.3) is 0 Å². The number of carbonyl (C=O) groups excluding carboxylic acids is 1. The average molecular weight is 332 g/mol. The molecule has 1 aliphatic rings. The number of sulfonamides is 1. The number of carbonyl (C=O) groups is 1. The van der Waals surface area contributed by atoms with Gasteiger partial charge < -0.3 is 5.32 Å². The maximum atomic E-state index is 11.8. The fraction of sp³-hybridized carbons (Fsp3) is 0.417. The lowest BCUT2D eigenvalue weighted by Gasteiger charge is -2.09. The maximum Gasteiger partial charge on any atom is 0.238 e. The van der Waals surface area contributed by atoms with E-state index in [1.807, 2.05) is 0 Å². The molecule has 9 heteroatoms. The van der Waals surface area contributed by atoms with Crippen LogP contribution in [0.25, 0.3) is 0 Å². The molecule has 7 nitrogen and oxygen atoms in total. The van der Waals surface area contributed by atoms with Crippen LogP contribution in [0.5, 0.6) is 0 Å². The van der Waals surface area contributed by atoms with Gasteiger partial charge in [0.2, 0.25) is 15.9 Å². The number of hydrogen-bond acceptors (Lipinski definition) is 5. The van der Waals surface area contributed by atoms with Crippen LogP contribution in [-0.2, 0) is 31.2 Å². The van der Waals surface area contributed by atoms with E-state index in [2.05, 4.69) is 5.32 Å². The summed E-state index contributed by atoms with van der Waals surface area (Å²) in [6, 6.07) is 5.81. The molecular weight excluding hydrogens is 316 g/mol. The van der Waals surface area contributed by atoms with Gasteiger partial charge in [-0.05, 0) is 24.1 Å². The van der Waals surface area contributed by atoms with Crippen LogP contribution in [0.2, 0.25) is 0 Å². The normalized spacial score (nSPS) is 21.1. The predicted molar refractivity (Wildman–Crippen MR) is 76.4 cm³/mol. The smallest absolute Gasteiger partial charge is 0.238 e. The van der Waals surface area contributed by atoms with Crippen molar-refractivity contribution >= 4 is 25.8 Å². The monoisotopic (exact) mass is 332 g/mol. The van der Waals surface area contributed by atoms with Gasteiger partial charge in [-0.15, -0.1) is 0 Å². The molecule has 0 aliphatic carbocycles. The van der Waals surface area contributed by atoms with Crippen molar-refractivity contribution in [2.45, 2.75) is 17.9 Å². The summed E-state index contributed by atoms with van der Waals surface area (Å²) in [4.78, 5) is 11.8. The van der Waals surface area contributed by atoms with E-state index in [0.717, 1.165) is 0 Å². The third-order valence-electron chi connectivity index (χ3n) is 3.32. The average Bonchev–Trinajstić information content (AvgIpc) is 2.76. The molecule has 21 heavy (non-hydrogen) atoms. The van der Waals surface area contributed by atoms with Gasteiger partial charge in [0.15, 0.2) is 9.84 Å². The second-order valence-electron chi connectivity index (χ2n) is 5.01. The topological polar surface area (TPSA) is 123 Å². The molecule has 1 heterocycles. The van der Waals surface area contributed by atoms with Gasteiger partial charge in [0.1, 0.15) is 0 Å². The summed E-state index contributed by atoms with van der Waals surface area (Å²) in [5.74, 6) is -0.859. The van der Waals surface area contributed by atoms with Crippen LogP contribution in [0.15, 0.2) is 29.2 Å². The van der Waals surface area contributed by atoms with Gasteiger partial charge in [-0.1, -0.05) is 12.1 Å². The van der Waals surface area contributed by atoms with E-state index in [1.54, 1.807) is 12.1 Å². The van der Waals surface area contributed by atoms with Crippen molar-refractivity contribution in [3.8, 4) is 0 Å². The van der Waals surface area contributed by atoms with Gasteiger partial charge in [0, 0.05) is 6.54 Å². The molecule has 1 saturated heterocycles. The highest BCUT2D eigenvalue weighted by Crippen LogP contribution is 2.18. The molecule has 1 aromatic carbocycles. The molecule has 0 spiro atoms. The van der Waals surface area contributed by atoms with Crippen molar-refractivity contribution < 1.29 is 21.6 Å². The first-order valence-corrected chi connectivity index (χ1v) is 9.64. The SMILES string of the molecule is NS(=O)(=O)c1ccc(CNC(=O)C2CCS(=O)(=O)C2)cc1. The Bertz CT molecular complexity index is 738.